The van der Waals surface area contributed by atoms with E-state index in [1.165, 1.54) is 11.6 Å². The average Bonchev–Trinajstić information content (AvgIpc) is 2.49. The van der Waals surface area contributed by atoms with E-state index in [1.807, 2.05) is 18.2 Å². The second-order valence-corrected chi connectivity index (χ2v) is 7.17. The molecule has 0 atom stereocenters. The van der Waals surface area contributed by atoms with Crippen LogP contribution in [0.3, 0.4) is 0 Å². The first-order valence-electron chi connectivity index (χ1n) is 7.99. The first kappa shape index (κ1) is 17.0. The molecule has 4 heteroatoms. The van der Waals surface area contributed by atoms with Crippen LogP contribution in [0.1, 0.15) is 50.7 Å². The monoisotopic (exact) mass is 320 g/mol. The van der Waals surface area contributed by atoms with Crippen molar-refractivity contribution in [3.63, 3.8) is 0 Å². The molecule has 0 aromatic heterocycles. The lowest BCUT2D eigenvalue weighted by atomic mass is 9.97. The van der Waals surface area contributed by atoms with E-state index in [0.717, 1.165) is 49.5 Å². The molecule has 0 heterocycles. The van der Waals surface area contributed by atoms with Gasteiger partial charge in [-0.3, -0.25) is 4.55 Å². The Morgan fingerprint density at radius 3 is 2.23 bits per heavy atom. The Morgan fingerprint density at radius 2 is 1.59 bits per heavy atom. The molecule has 0 amide bonds. The molecule has 1 N–H and O–H groups in total. The molecule has 120 valence electrons. The topological polar surface area (TPSA) is 54.4 Å². The Kier molecular flexibility index (Phi) is 5.59. The highest BCUT2D eigenvalue weighted by Crippen LogP contribution is 2.28. The fourth-order valence-corrected chi connectivity index (χ4v) is 3.47. The van der Waals surface area contributed by atoms with Crippen LogP contribution in [0, 0.1) is 0 Å². The molecular weight excluding hydrogens is 296 g/mol. The van der Waals surface area contributed by atoms with Gasteiger partial charge in [-0.05, 0) is 48.3 Å². The molecule has 3 nitrogen and oxygen atoms in total. The van der Waals surface area contributed by atoms with Gasteiger partial charge in [0.1, 0.15) is 4.90 Å². The van der Waals surface area contributed by atoms with Gasteiger partial charge in [0.25, 0.3) is 10.1 Å². The van der Waals surface area contributed by atoms with Gasteiger partial charge in [0.15, 0.2) is 0 Å². The van der Waals surface area contributed by atoms with Crippen LogP contribution in [-0.2, 0) is 23.0 Å². The Morgan fingerprint density at radius 1 is 0.909 bits per heavy atom. The van der Waals surface area contributed by atoms with Gasteiger partial charge < -0.3 is 0 Å². The van der Waals surface area contributed by atoms with Crippen molar-refractivity contribution in [3.05, 3.63) is 41.5 Å². The van der Waals surface area contributed by atoms with Crippen LogP contribution in [0.2, 0.25) is 0 Å². The van der Waals surface area contributed by atoms with Crippen molar-refractivity contribution >= 4 is 20.9 Å². The van der Waals surface area contributed by atoms with Gasteiger partial charge in [-0.25, -0.2) is 0 Å². The van der Waals surface area contributed by atoms with Crippen molar-refractivity contribution in [2.45, 2.75) is 57.3 Å². The molecular formula is C18H24O3S. The number of aryl methyl sites for hydroxylation is 2. The fourth-order valence-electron chi connectivity index (χ4n) is 2.77. The summed E-state index contributed by atoms with van der Waals surface area (Å²) in [6, 6.07) is 9.25. The predicted octanol–water partition coefficient (Wildman–Crippen LogP) is 4.77. The highest BCUT2D eigenvalue weighted by Gasteiger charge is 2.16. The van der Waals surface area contributed by atoms with Crippen LogP contribution in [-0.4, -0.2) is 13.0 Å². The third-order valence-corrected chi connectivity index (χ3v) is 4.94. The quantitative estimate of drug-likeness (QED) is 0.747. The highest BCUT2D eigenvalue weighted by molar-refractivity contribution is 7.86. The van der Waals surface area contributed by atoms with Gasteiger partial charge in [0, 0.05) is 5.39 Å². The molecule has 0 spiro atoms. The van der Waals surface area contributed by atoms with Crippen LogP contribution >= 0.6 is 0 Å². The molecule has 22 heavy (non-hydrogen) atoms. The summed E-state index contributed by atoms with van der Waals surface area (Å²) >= 11 is 0. The zero-order valence-electron chi connectivity index (χ0n) is 13.3. The number of rotatable bonds is 7. The van der Waals surface area contributed by atoms with E-state index < -0.39 is 10.1 Å². The standard InChI is InChI=1S/C18H24O3S/c1-3-5-7-14-9-11-16-17(13-14)15(8-6-4-2)10-12-18(16)22(19,20)21/h9-13H,3-8H2,1-2H3,(H,19,20,21). The third kappa shape index (κ3) is 3.87. The lowest BCUT2D eigenvalue weighted by Crippen LogP contribution is -2.01. The smallest absolute Gasteiger partial charge is 0.282 e. The minimum absolute atomic E-state index is 0.00444. The summed E-state index contributed by atoms with van der Waals surface area (Å²) in [4.78, 5) is 0.00444. The van der Waals surface area contributed by atoms with Crippen molar-refractivity contribution in [1.82, 2.24) is 0 Å². The van der Waals surface area contributed by atoms with E-state index in [4.69, 9.17) is 0 Å². The highest BCUT2D eigenvalue weighted by atomic mass is 32.2. The second-order valence-electron chi connectivity index (χ2n) is 5.78. The lowest BCUT2D eigenvalue weighted by Gasteiger charge is -2.11. The van der Waals surface area contributed by atoms with E-state index in [0.29, 0.717) is 5.39 Å². The van der Waals surface area contributed by atoms with E-state index >= 15 is 0 Å². The summed E-state index contributed by atoms with van der Waals surface area (Å²) in [7, 11) is -4.20. The van der Waals surface area contributed by atoms with Crippen molar-refractivity contribution in [3.8, 4) is 0 Å². The van der Waals surface area contributed by atoms with E-state index in [2.05, 4.69) is 19.9 Å². The first-order chi connectivity index (χ1) is 10.5. The summed E-state index contributed by atoms with van der Waals surface area (Å²) in [5.41, 5.74) is 2.38. The van der Waals surface area contributed by atoms with Gasteiger partial charge >= 0.3 is 0 Å². The maximum atomic E-state index is 11.6. The largest absolute Gasteiger partial charge is 0.295 e. The Labute approximate surface area is 133 Å². The first-order valence-corrected chi connectivity index (χ1v) is 9.43. The zero-order chi connectivity index (χ0) is 16.2. The molecule has 0 bridgehead atoms. The fraction of sp³-hybridized carbons (Fsp3) is 0.444. The van der Waals surface area contributed by atoms with Gasteiger partial charge in [-0.15, -0.1) is 0 Å². The normalized spacial score (nSPS) is 12.0. The Bertz CT molecular complexity index is 748. The summed E-state index contributed by atoms with van der Waals surface area (Å²) in [5.74, 6) is 0. The minimum atomic E-state index is -4.20. The van der Waals surface area contributed by atoms with Crippen molar-refractivity contribution in [2.24, 2.45) is 0 Å². The molecule has 0 aliphatic heterocycles. The molecule has 2 aromatic carbocycles. The van der Waals surface area contributed by atoms with Gasteiger partial charge in [0.05, 0.1) is 0 Å². The Hall–Kier alpha value is -1.39. The molecule has 0 fully saturated rings. The van der Waals surface area contributed by atoms with Crippen molar-refractivity contribution < 1.29 is 13.0 Å². The van der Waals surface area contributed by atoms with Gasteiger partial charge in [-0.2, -0.15) is 8.42 Å². The summed E-state index contributed by atoms with van der Waals surface area (Å²) < 4.78 is 32.6. The molecule has 2 rings (SSSR count). The van der Waals surface area contributed by atoms with Gasteiger partial charge in [0.2, 0.25) is 0 Å². The number of unbranched alkanes of at least 4 members (excludes halogenated alkanes) is 2. The van der Waals surface area contributed by atoms with E-state index in [-0.39, 0.29) is 4.90 Å². The molecule has 0 aliphatic carbocycles. The molecule has 0 saturated carbocycles. The maximum absolute atomic E-state index is 11.6. The van der Waals surface area contributed by atoms with Crippen LogP contribution < -0.4 is 0 Å². The maximum Gasteiger partial charge on any atom is 0.295 e. The minimum Gasteiger partial charge on any atom is -0.282 e. The van der Waals surface area contributed by atoms with Crippen LogP contribution in [0.4, 0.5) is 0 Å². The number of fused-ring (bicyclic) bond motifs is 1. The second kappa shape index (κ2) is 7.25. The summed E-state index contributed by atoms with van der Waals surface area (Å²) in [5, 5.41) is 1.58. The number of hydrogen-bond donors (Lipinski definition) is 1. The van der Waals surface area contributed by atoms with Crippen LogP contribution in [0.15, 0.2) is 35.2 Å². The van der Waals surface area contributed by atoms with E-state index in [1.54, 1.807) is 0 Å². The predicted molar refractivity (Wildman–Crippen MR) is 91.0 cm³/mol. The van der Waals surface area contributed by atoms with Crippen molar-refractivity contribution in [2.75, 3.05) is 0 Å². The van der Waals surface area contributed by atoms with Crippen LogP contribution in [0.5, 0.6) is 0 Å². The average molecular weight is 320 g/mol. The van der Waals surface area contributed by atoms with Crippen LogP contribution in [0.25, 0.3) is 10.8 Å². The summed E-state index contributed by atoms with van der Waals surface area (Å²) in [6.07, 6.45) is 6.34. The SMILES string of the molecule is CCCCc1ccc2c(S(=O)(=O)O)ccc(CCCC)c2c1. The number of benzene rings is 2. The molecule has 0 unspecified atom stereocenters. The third-order valence-electron chi connectivity index (χ3n) is 4.03. The molecule has 0 radical (unpaired) electrons. The van der Waals surface area contributed by atoms with E-state index in [9.17, 15) is 13.0 Å². The molecule has 0 aliphatic rings. The van der Waals surface area contributed by atoms with Gasteiger partial charge in [-0.1, -0.05) is 51.0 Å². The number of hydrogen-bond acceptors (Lipinski definition) is 2. The molecule has 0 saturated heterocycles. The van der Waals surface area contributed by atoms with Crippen molar-refractivity contribution in [1.29, 1.82) is 0 Å². The Balaban J connectivity index is 2.59. The zero-order valence-corrected chi connectivity index (χ0v) is 14.1. The lowest BCUT2D eigenvalue weighted by molar-refractivity contribution is 0.484. The molecule has 2 aromatic rings. The summed E-state index contributed by atoms with van der Waals surface area (Å²) in [6.45, 7) is 4.30.